The van der Waals surface area contributed by atoms with Gasteiger partial charge in [-0.05, 0) is 59.6 Å². The standard InChI is InChI=1S/C18H15BrN2OS/c1-11-3-8-16(15(19)9-11)21-17(22)13-4-6-14(7-5-13)18-20-12(2)10-23-18/h3-10H,1-2H3,(H,21,22). The second-order valence-corrected chi connectivity index (χ2v) is 7.02. The van der Waals surface area contributed by atoms with Gasteiger partial charge in [0.25, 0.3) is 5.91 Å². The summed E-state index contributed by atoms with van der Waals surface area (Å²) in [5, 5.41) is 5.91. The zero-order chi connectivity index (χ0) is 16.4. The van der Waals surface area contributed by atoms with Crippen molar-refractivity contribution in [2.24, 2.45) is 0 Å². The minimum absolute atomic E-state index is 0.128. The lowest BCUT2D eigenvalue weighted by Crippen LogP contribution is -2.12. The fourth-order valence-corrected chi connectivity index (χ4v) is 3.56. The molecule has 0 atom stereocenters. The molecule has 0 aliphatic carbocycles. The predicted molar refractivity (Wildman–Crippen MR) is 99.1 cm³/mol. The van der Waals surface area contributed by atoms with Crippen LogP contribution < -0.4 is 5.32 Å². The Morgan fingerprint density at radius 1 is 1.13 bits per heavy atom. The van der Waals surface area contributed by atoms with Gasteiger partial charge in [0.15, 0.2) is 0 Å². The molecule has 2 aromatic carbocycles. The Morgan fingerprint density at radius 2 is 1.87 bits per heavy atom. The molecule has 0 unspecified atom stereocenters. The van der Waals surface area contributed by atoms with Gasteiger partial charge in [0.1, 0.15) is 5.01 Å². The first kappa shape index (κ1) is 15.9. The molecule has 0 bridgehead atoms. The molecule has 23 heavy (non-hydrogen) atoms. The third kappa shape index (κ3) is 3.68. The van der Waals surface area contributed by atoms with Crippen LogP contribution in [0.4, 0.5) is 5.69 Å². The minimum Gasteiger partial charge on any atom is -0.321 e. The molecule has 3 nitrogen and oxygen atoms in total. The molecule has 0 fully saturated rings. The molecule has 3 rings (SSSR count). The molecular weight excluding hydrogens is 372 g/mol. The molecule has 0 saturated heterocycles. The number of amides is 1. The summed E-state index contributed by atoms with van der Waals surface area (Å²) in [5.41, 5.74) is 4.56. The van der Waals surface area contributed by atoms with Gasteiger partial charge in [-0.3, -0.25) is 4.79 Å². The van der Waals surface area contributed by atoms with Crippen LogP contribution in [-0.4, -0.2) is 10.9 Å². The van der Waals surface area contributed by atoms with Gasteiger partial charge in [-0.2, -0.15) is 0 Å². The first-order valence-corrected chi connectivity index (χ1v) is 8.80. The quantitative estimate of drug-likeness (QED) is 0.650. The lowest BCUT2D eigenvalue weighted by Gasteiger charge is -2.08. The molecule has 116 valence electrons. The smallest absolute Gasteiger partial charge is 0.255 e. The zero-order valence-corrected chi connectivity index (χ0v) is 15.2. The van der Waals surface area contributed by atoms with E-state index in [4.69, 9.17) is 0 Å². The van der Waals surface area contributed by atoms with Gasteiger partial charge in [0.2, 0.25) is 0 Å². The van der Waals surface area contributed by atoms with E-state index in [1.165, 1.54) is 0 Å². The van der Waals surface area contributed by atoms with Crippen molar-refractivity contribution in [2.75, 3.05) is 5.32 Å². The summed E-state index contributed by atoms with van der Waals surface area (Å²) in [6.07, 6.45) is 0. The lowest BCUT2D eigenvalue weighted by molar-refractivity contribution is 0.102. The van der Waals surface area contributed by atoms with Crippen molar-refractivity contribution in [3.8, 4) is 10.6 Å². The Labute approximate surface area is 147 Å². The summed E-state index contributed by atoms with van der Waals surface area (Å²) in [5.74, 6) is -0.128. The van der Waals surface area contributed by atoms with E-state index < -0.39 is 0 Å². The molecule has 3 aromatic rings. The van der Waals surface area contributed by atoms with E-state index in [0.29, 0.717) is 5.56 Å². The van der Waals surface area contributed by atoms with Crippen molar-refractivity contribution in [3.05, 3.63) is 69.1 Å². The van der Waals surface area contributed by atoms with Crippen LogP contribution in [0.5, 0.6) is 0 Å². The highest BCUT2D eigenvalue weighted by atomic mass is 79.9. The molecule has 1 N–H and O–H groups in total. The number of anilines is 1. The summed E-state index contributed by atoms with van der Waals surface area (Å²) in [4.78, 5) is 16.8. The molecule has 1 heterocycles. The topological polar surface area (TPSA) is 42.0 Å². The number of aromatic nitrogens is 1. The van der Waals surface area contributed by atoms with E-state index in [0.717, 1.165) is 32.0 Å². The number of halogens is 1. The monoisotopic (exact) mass is 386 g/mol. The summed E-state index contributed by atoms with van der Waals surface area (Å²) >= 11 is 5.08. The number of thiazole rings is 1. The average Bonchev–Trinajstić information content (AvgIpc) is 2.97. The van der Waals surface area contributed by atoms with Crippen molar-refractivity contribution in [3.63, 3.8) is 0 Å². The van der Waals surface area contributed by atoms with Gasteiger partial charge in [-0.25, -0.2) is 4.98 Å². The van der Waals surface area contributed by atoms with Crippen molar-refractivity contribution in [1.82, 2.24) is 4.98 Å². The number of nitrogens with zero attached hydrogens (tertiary/aromatic N) is 1. The van der Waals surface area contributed by atoms with E-state index in [9.17, 15) is 4.79 Å². The first-order chi connectivity index (χ1) is 11.0. The van der Waals surface area contributed by atoms with Gasteiger partial charge in [0.05, 0.1) is 5.69 Å². The number of aryl methyl sites for hydroxylation is 2. The maximum absolute atomic E-state index is 12.4. The third-order valence-electron chi connectivity index (χ3n) is 3.39. The van der Waals surface area contributed by atoms with Crippen LogP contribution in [0.1, 0.15) is 21.6 Å². The van der Waals surface area contributed by atoms with E-state index in [-0.39, 0.29) is 5.91 Å². The number of benzene rings is 2. The van der Waals surface area contributed by atoms with Crippen LogP contribution in [0.15, 0.2) is 52.3 Å². The van der Waals surface area contributed by atoms with Crippen LogP contribution in [0.2, 0.25) is 0 Å². The van der Waals surface area contributed by atoms with E-state index >= 15 is 0 Å². The van der Waals surface area contributed by atoms with Gasteiger partial charge in [-0.1, -0.05) is 18.2 Å². The lowest BCUT2D eigenvalue weighted by atomic mass is 10.1. The van der Waals surface area contributed by atoms with E-state index in [1.54, 1.807) is 11.3 Å². The third-order valence-corrected chi connectivity index (χ3v) is 5.05. The van der Waals surface area contributed by atoms with Crippen LogP contribution >= 0.6 is 27.3 Å². The van der Waals surface area contributed by atoms with Crippen LogP contribution in [0, 0.1) is 13.8 Å². The normalized spacial score (nSPS) is 10.6. The number of rotatable bonds is 3. The van der Waals surface area contributed by atoms with Crippen molar-refractivity contribution in [2.45, 2.75) is 13.8 Å². The predicted octanol–water partition coefficient (Wildman–Crippen LogP) is 5.44. The Bertz CT molecular complexity index is 856. The molecule has 0 spiro atoms. The fraction of sp³-hybridized carbons (Fsp3) is 0.111. The van der Waals surface area contributed by atoms with Gasteiger partial charge < -0.3 is 5.32 Å². The highest BCUT2D eigenvalue weighted by molar-refractivity contribution is 9.10. The molecule has 1 amide bonds. The number of carbonyl (C=O) groups is 1. The van der Waals surface area contributed by atoms with Gasteiger partial charge in [-0.15, -0.1) is 11.3 Å². The van der Waals surface area contributed by atoms with Crippen LogP contribution in [-0.2, 0) is 0 Å². The number of carbonyl (C=O) groups excluding carboxylic acids is 1. The molecule has 0 aliphatic heterocycles. The molecule has 0 saturated carbocycles. The van der Waals surface area contributed by atoms with E-state index in [1.807, 2.05) is 61.7 Å². The maximum Gasteiger partial charge on any atom is 0.255 e. The number of hydrogen-bond donors (Lipinski definition) is 1. The average molecular weight is 387 g/mol. The molecule has 5 heteroatoms. The second-order valence-electron chi connectivity index (χ2n) is 5.31. The first-order valence-electron chi connectivity index (χ1n) is 7.13. The summed E-state index contributed by atoms with van der Waals surface area (Å²) < 4.78 is 0.876. The second kappa shape index (κ2) is 6.64. The number of nitrogens with one attached hydrogen (secondary N) is 1. The SMILES string of the molecule is Cc1ccc(NC(=O)c2ccc(-c3nc(C)cs3)cc2)c(Br)c1. The van der Waals surface area contributed by atoms with Crippen LogP contribution in [0.25, 0.3) is 10.6 Å². The highest BCUT2D eigenvalue weighted by Crippen LogP contribution is 2.26. The fourth-order valence-electron chi connectivity index (χ4n) is 2.17. The molecule has 0 radical (unpaired) electrons. The summed E-state index contributed by atoms with van der Waals surface area (Å²) in [6.45, 7) is 3.98. The zero-order valence-electron chi connectivity index (χ0n) is 12.8. The molecular formula is C18H15BrN2OS. The highest BCUT2D eigenvalue weighted by Gasteiger charge is 2.09. The molecule has 0 aliphatic rings. The Balaban J connectivity index is 1.77. The number of hydrogen-bond acceptors (Lipinski definition) is 3. The largest absolute Gasteiger partial charge is 0.321 e. The Hall–Kier alpha value is -1.98. The van der Waals surface area contributed by atoms with Crippen LogP contribution in [0.3, 0.4) is 0 Å². The maximum atomic E-state index is 12.4. The molecule has 1 aromatic heterocycles. The Morgan fingerprint density at radius 3 is 2.48 bits per heavy atom. The summed E-state index contributed by atoms with van der Waals surface area (Å²) in [6, 6.07) is 13.3. The minimum atomic E-state index is -0.128. The van der Waals surface area contributed by atoms with E-state index in [2.05, 4.69) is 26.2 Å². The summed E-state index contributed by atoms with van der Waals surface area (Å²) in [7, 11) is 0. The van der Waals surface area contributed by atoms with Gasteiger partial charge >= 0.3 is 0 Å². The van der Waals surface area contributed by atoms with Crippen molar-refractivity contribution in [1.29, 1.82) is 0 Å². The van der Waals surface area contributed by atoms with Crippen molar-refractivity contribution >= 4 is 38.9 Å². The Kier molecular flexibility index (Phi) is 4.59. The van der Waals surface area contributed by atoms with Gasteiger partial charge in [0, 0.05) is 26.7 Å². The van der Waals surface area contributed by atoms with Crippen molar-refractivity contribution < 1.29 is 4.79 Å².